The van der Waals surface area contributed by atoms with Gasteiger partial charge in [-0.05, 0) is 24.3 Å². The summed E-state index contributed by atoms with van der Waals surface area (Å²) >= 11 is 0. The van der Waals surface area contributed by atoms with Crippen molar-refractivity contribution >= 4 is 0 Å². The van der Waals surface area contributed by atoms with Gasteiger partial charge in [-0.3, -0.25) is 0 Å². The van der Waals surface area contributed by atoms with Gasteiger partial charge in [0.25, 0.3) is 0 Å². The number of ether oxygens (including phenoxy) is 3. The van der Waals surface area contributed by atoms with E-state index >= 15 is 0 Å². The van der Waals surface area contributed by atoms with Gasteiger partial charge in [0, 0.05) is 17.2 Å². The van der Waals surface area contributed by atoms with Crippen LogP contribution in [0.15, 0.2) is 30.3 Å². The lowest BCUT2D eigenvalue weighted by atomic mass is 10.0. The van der Waals surface area contributed by atoms with Gasteiger partial charge in [-0.2, -0.15) is 0 Å². The quantitative estimate of drug-likeness (QED) is 0.868. The van der Waals surface area contributed by atoms with Gasteiger partial charge in [-0.25, -0.2) is 0 Å². The van der Waals surface area contributed by atoms with Gasteiger partial charge in [0.2, 0.25) is 6.79 Å². The molecular weight excluding hydrogens is 248 g/mol. The topological polar surface area (TPSA) is 68.2 Å². The lowest BCUT2D eigenvalue weighted by molar-refractivity contribution is 0.174. The summed E-state index contributed by atoms with van der Waals surface area (Å²) in [4.78, 5) is 0. The first-order valence-electron chi connectivity index (χ1n) is 5.69. The Balaban J connectivity index is 2.16. The lowest BCUT2D eigenvalue weighted by Crippen LogP contribution is -1.92. The average molecular weight is 260 g/mol. The van der Waals surface area contributed by atoms with Gasteiger partial charge in [0.1, 0.15) is 17.2 Å². The van der Waals surface area contributed by atoms with E-state index in [-0.39, 0.29) is 18.3 Å². The molecule has 19 heavy (non-hydrogen) atoms. The van der Waals surface area contributed by atoms with Crippen molar-refractivity contribution in [1.82, 2.24) is 0 Å². The van der Waals surface area contributed by atoms with Crippen LogP contribution in [0, 0.1) is 0 Å². The van der Waals surface area contributed by atoms with Crippen molar-refractivity contribution < 1.29 is 24.4 Å². The Morgan fingerprint density at radius 2 is 1.63 bits per heavy atom. The largest absolute Gasteiger partial charge is 0.507 e. The molecule has 2 N–H and O–H groups in total. The Hall–Kier alpha value is -2.56. The molecular formula is C14H12O5. The molecule has 0 atom stereocenters. The molecule has 98 valence electrons. The standard InChI is InChI=1S/C14H12O5/c1-17-8-2-3-11(15)9(4-8)10-5-13-14(6-12(10)16)19-7-18-13/h2-6,15-16H,7H2,1H3. The van der Waals surface area contributed by atoms with E-state index < -0.39 is 0 Å². The number of fused-ring (bicyclic) bond motifs is 1. The number of methoxy groups -OCH3 is 1. The van der Waals surface area contributed by atoms with E-state index in [9.17, 15) is 10.2 Å². The zero-order valence-electron chi connectivity index (χ0n) is 10.2. The Morgan fingerprint density at radius 1 is 0.947 bits per heavy atom. The van der Waals surface area contributed by atoms with Crippen LogP contribution in [0.1, 0.15) is 0 Å². The molecule has 5 heteroatoms. The first kappa shape index (κ1) is 11.5. The predicted octanol–water partition coefficient (Wildman–Crippen LogP) is 2.50. The van der Waals surface area contributed by atoms with Crippen LogP contribution in [0.25, 0.3) is 11.1 Å². The highest BCUT2D eigenvalue weighted by Crippen LogP contribution is 2.44. The Kier molecular flexibility index (Phi) is 2.59. The number of benzene rings is 2. The zero-order chi connectivity index (χ0) is 13.4. The summed E-state index contributed by atoms with van der Waals surface area (Å²) in [6.07, 6.45) is 0. The smallest absolute Gasteiger partial charge is 0.231 e. The second-order valence-electron chi connectivity index (χ2n) is 4.11. The maximum atomic E-state index is 10.0. The summed E-state index contributed by atoms with van der Waals surface area (Å²) < 4.78 is 15.6. The normalized spacial score (nSPS) is 12.5. The number of rotatable bonds is 2. The number of phenolic OH excluding ortho intramolecular Hbond substituents is 2. The molecule has 0 bridgehead atoms. The molecule has 0 aromatic heterocycles. The molecule has 0 fully saturated rings. The van der Waals surface area contributed by atoms with Gasteiger partial charge in [-0.15, -0.1) is 0 Å². The molecule has 5 nitrogen and oxygen atoms in total. The van der Waals surface area contributed by atoms with Crippen LogP contribution in [-0.4, -0.2) is 24.1 Å². The van der Waals surface area contributed by atoms with Gasteiger partial charge in [-0.1, -0.05) is 0 Å². The number of phenols is 2. The molecule has 0 saturated heterocycles. The summed E-state index contributed by atoms with van der Waals surface area (Å²) in [5, 5.41) is 19.9. The second kappa shape index (κ2) is 4.28. The van der Waals surface area contributed by atoms with Crippen LogP contribution in [-0.2, 0) is 0 Å². The lowest BCUT2D eigenvalue weighted by Gasteiger charge is -2.10. The van der Waals surface area contributed by atoms with Gasteiger partial charge < -0.3 is 24.4 Å². The fraction of sp³-hybridized carbons (Fsp3) is 0.143. The van der Waals surface area contributed by atoms with Crippen molar-refractivity contribution in [3.63, 3.8) is 0 Å². The highest BCUT2D eigenvalue weighted by molar-refractivity contribution is 5.79. The molecule has 2 aromatic carbocycles. The molecule has 0 spiro atoms. The molecule has 0 unspecified atom stereocenters. The summed E-state index contributed by atoms with van der Waals surface area (Å²) in [5.74, 6) is 1.67. The maximum Gasteiger partial charge on any atom is 0.231 e. The van der Waals surface area contributed by atoms with Crippen molar-refractivity contribution in [3.8, 4) is 39.9 Å². The van der Waals surface area contributed by atoms with Gasteiger partial charge >= 0.3 is 0 Å². The van der Waals surface area contributed by atoms with Gasteiger partial charge in [0.05, 0.1) is 7.11 Å². The molecule has 0 aliphatic carbocycles. The second-order valence-corrected chi connectivity index (χ2v) is 4.11. The van der Waals surface area contributed by atoms with E-state index in [0.717, 1.165) is 0 Å². The molecule has 1 aliphatic rings. The number of hydrogen-bond donors (Lipinski definition) is 2. The third kappa shape index (κ3) is 1.89. The number of hydrogen-bond acceptors (Lipinski definition) is 5. The van der Waals surface area contributed by atoms with Crippen LogP contribution in [0.4, 0.5) is 0 Å². The summed E-state index contributed by atoms with van der Waals surface area (Å²) in [7, 11) is 1.54. The van der Waals surface area contributed by atoms with Crippen molar-refractivity contribution in [1.29, 1.82) is 0 Å². The van der Waals surface area contributed by atoms with E-state index in [4.69, 9.17) is 14.2 Å². The minimum atomic E-state index is 0.00723. The zero-order valence-corrected chi connectivity index (χ0v) is 10.2. The maximum absolute atomic E-state index is 10.0. The summed E-state index contributed by atoms with van der Waals surface area (Å²) in [5.41, 5.74) is 0.927. The fourth-order valence-electron chi connectivity index (χ4n) is 2.00. The van der Waals surface area contributed by atoms with Crippen molar-refractivity contribution in [2.75, 3.05) is 13.9 Å². The highest BCUT2D eigenvalue weighted by Gasteiger charge is 2.19. The molecule has 3 rings (SSSR count). The third-order valence-electron chi connectivity index (χ3n) is 2.98. The van der Waals surface area contributed by atoms with E-state index in [1.54, 1.807) is 18.2 Å². The van der Waals surface area contributed by atoms with Gasteiger partial charge in [0.15, 0.2) is 11.5 Å². The van der Waals surface area contributed by atoms with Crippen molar-refractivity contribution in [3.05, 3.63) is 30.3 Å². The van der Waals surface area contributed by atoms with Crippen LogP contribution < -0.4 is 14.2 Å². The van der Waals surface area contributed by atoms with Crippen LogP contribution in [0.2, 0.25) is 0 Å². The van der Waals surface area contributed by atoms with E-state index in [1.165, 1.54) is 19.2 Å². The molecule has 0 amide bonds. The average Bonchev–Trinajstić information content (AvgIpc) is 2.85. The highest BCUT2D eigenvalue weighted by atomic mass is 16.7. The van der Waals surface area contributed by atoms with Crippen molar-refractivity contribution in [2.45, 2.75) is 0 Å². The van der Waals surface area contributed by atoms with Crippen molar-refractivity contribution in [2.24, 2.45) is 0 Å². The van der Waals surface area contributed by atoms with E-state index in [2.05, 4.69) is 0 Å². The first-order chi connectivity index (χ1) is 9.19. The molecule has 0 saturated carbocycles. The van der Waals surface area contributed by atoms with E-state index in [1.807, 2.05) is 0 Å². The summed E-state index contributed by atoms with van der Waals surface area (Å²) in [6.45, 7) is 0.127. The Labute approximate surface area is 109 Å². The van der Waals surface area contributed by atoms with Crippen LogP contribution >= 0.6 is 0 Å². The minimum Gasteiger partial charge on any atom is -0.507 e. The Bertz CT molecular complexity index is 636. The third-order valence-corrected chi connectivity index (χ3v) is 2.98. The fourth-order valence-corrected chi connectivity index (χ4v) is 2.00. The SMILES string of the molecule is COc1ccc(O)c(-c2cc3c(cc2O)OCO3)c1. The number of aromatic hydroxyl groups is 2. The van der Waals surface area contributed by atoms with E-state index in [0.29, 0.717) is 28.4 Å². The van der Waals surface area contributed by atoms with Crippen LogP contribution in [0.5, 0.6) is 28.7 Å². The first-order valence-corrected chi connectivity index (χ1v) is 5.69. The molecule has 2 aromatic rings. The Morgan fingerprint density at radius 3 is 2.37 bits per heavy atom. The monoisotopic (exact) mass is 260 g/mol. The van der Waals surface area contributed by atoms with Crippen LogP contribution in [0.3, 0.4) is 0 Å². The summed E-state index contributed by atoms with van der Waals surface area (Å²) in [6, 6.07) is 7.90. The predicted molar refractivity (Wildman–Crippen MR) is 67.9 cm³/mol. The minimum absolute atomic E-state index is 0.00723. The molecule has 0 radical (unpaired) electrons. The molecule has 1 aliphatic heterocycles. The molecule has 1 heterocycles.